The summed E-state index contributed by atoms with van der Waals surface area (Å²) in [6.45, 7) is 3.17. The van der Waals surface area contributed by atoms with Gasteiger partial charge >= 0.3 is 0 Å². The molecule has 8 nitrogen and oxygen atoms in total. The third kappa shape index (κ3) is 3.23. The summed E-state index contributed by atoms with van der Waals surface area (Å²) in [5.74, 6) is 2.63. The first kappa shape index (κ1) is 18.7. The molecule has 3 aromatic rings. The third-order valence-electron chi connectivity index (χ3n) is 6.28. The Kier molecular flexibility index (Phi) is 4.54. The molecule has 8 heteroatoms. The van der Waals surface area contributed by atoms with Crippen LogP contribution < -0.4 is 15.0 Å². The molecule has 3 aliphatic rings. The highest BCUT2D eigenvalue weighted by Gasteiger charge is 2.36. The van der Waals surface area contributed by atoms with Crippen LogP contribution in [-0.2, 0) is 4.74 Å². The van der Waals surface area contributed by atoms with Crippen molar-refractivity contribution in [3.63, 3.8) is 0 Å². The monoisotopic (exact) mass is 418 g/mol. The molecule has 0 aliphatic carbocycles. The Balaban J connectivity index is 1.39. The summed E-state index contributed by atoms with van der Waals surface area (Å²) in [4.78, 5) is 14.4. The van der Waals surface area contributed by atoms with Crippen LogP contribution in [0.15, 0.2) is 53.5 Å². The lowest BCUT2D eigenvalue weighted by Gasteiger charge is -2.42. The summed E-state index contributed by atoms with van der Waals surface area (Å²) in [7, 11) is 1.69. The molecule has 0 bridgehead atoms. The number of anilines is 1. The van der Waals surface area contributed by atoms with Crippen LogP contribution in [0.25, 0.3) is 11.0 Å². The van der Waals surface area contributed by atoms with Crippen molar-refractivity contribution in [3.05, 3.63) is 54.1 Å². The van der Waals surface area contributed by atoms with Crippen LogP contribution >= 0.6 is 0 Å². The zero-order chi connectivity index (χ0) is 20.8. The Morgan fingerprint density at radius 3 is 2.84 bits per heavy atom. The molecular weight excluding hydrogens is 392 g/mol. The van der Waals surface area contributed by atoms with Crippen LogP contribution in [-0.4, -0.2) is 60.1 Å². The van der Waals surface area contributed by atoms with Gasteiger partial charge in [0.2, 0.25) is 11.9 Å². The molecule has 0 saturated carbocycles. The van der Waals surface area contributed by atoms with Gasteiger partial charge in [0.25, 0.3) is 0 Å². The number of aromatic nitrogens is 2. The van der Waals surface area contributed by atoms with Gasteiger partial charge in [-0.05, 0) is 42.7 Å². The van der Waals surface area contributed by atoms with E-state index in [0.29, 0.717) is 12.8 Å². The summed E-state index contributed by atoms with van der Waals surface area (Å²) >= 11 is 0. The predicted molar refractivity (Wildman–Crippen MR) is 119 cm³/mol. The molecule has 1 N–H and O–H groups in total. The molecule has 160 valence electrons. The second kappa shape index (κ2) is 7.55. The van der Waals surface area contributed by atoms with Crippen LogP contribution in [0.5, 0.6) is 5.75 Å². The summed E-state index contributed by atoms with van der Waals surface area (Å²) in [6, 6.07) is 16.5. The number of ether oxygens (including phenoxy) is 2. The zero-order valence-electron chi connectivity index (χ0n) is 17.6. The zero-order valence-corrected chi connectivity index (χ0v) is 17.6. The van der Waals surface area contributed by atoms with E-state index in [0.717, 1.165) is 66.9 Å². The second-order valence-corrected chi connectivity index (χ2v) is 8.27. The van der Waals surface area contributed by atoms with Crippen molar-refractivity contribution >= 4 is 22.9 Å². The maximum absolute atomic E-state index is 5.85. The van der Waals surface area contributed by atoms with Crippen LogP contribution in [0.3, 0.4) is 0 Å². The average molecular weight is 419 g/mol. The first-order valence-corrected chi connectivity index (χ1v) is 10.8. The minimum Gasteiger partial charge on any atom is -0.497 e. The van der Waals surface area contributed by atoms with Gasteiger partial charge in [-0.15, -0.1) is 0 Å². The van der Waals surface area contributed by atoms with Gasteiger partial charge in [-0.3, -0.25) is 14.4 Å². The molecule has 0 radical (unpaired) electrons. The first-order chi connectivity index (χ1) is 15.3. The topological polar surface area (TPSA) is 67.2 Å². The molecule has 2 atom stereocenters. The van der Waals surface area contributed by atoms with Gasteiger partial charge in [-0.1, -0.05) is 24.3 Å². The van der Waals surface area contributed by atoms with Gasteiger partial charge in [-0.25, -0.2) is 9.98 Å². The van der Waals surface area contributed by atoms with Crippen molar-refractivity contribution in [1.82, 2.24) is 19.8 Å². The summed E-state index contributed by atoms with van der Waals surface area (Å²) in [5.41, 5.74) is 3.21. The number of hydrogen-bond donors (Lipinski definition) is 1. The van der Waals surface area contributed by atoms with E-state index in [2.05, 4.69) is 50.0 Å². The van der Waals surface area contributed by atoms with E-state index < -0.39 is 0 Å². The van der Waals surface area contributed by atoms with Gasteiger partial charge in [0.1, 0.15) is 11.9 Å². The number of benzene rings is 2. The number of rotatable bonds is 4. The van der Waals surface area contributed by atoms with Crippen molar-refractivity contribution in [2.45, 2.75) is 25.1 Å². The molecular formula is C23H26N6O2. The molecule has 1 fully saturated rings. The third-order valence-corrected chi connectivity index (χ3v) is 6.28. The molecule has 0 unspecified atom stereocenters. The number of imidazole rings is 1. The molecule has 31 heavy (non-hydrogen) atoms. The Labute approximate surface area is 181 Å². The molecule has 3 aliphatic heterocycles. The van der Waals surface area contributed by atoms with E-state index in [1.165, 1.54) is 0 Å². The predicted octanol–water partition coefficient (Wildman–Crippen LogP) is 2.77. The highest BCUT2D eigenvalue weighted by Crippen LogP contribution is 2.34. The van der Waals surface area contributed by atoms with Gasteiger partial charge in [-0.2, -0.15) is 0 Å². The molecule has 2 aromatic carbocycles. The van der Waals surface area contributed by atoms with E-state index >= 15 is 0 Å². The summed E-state index contributed by atoms with van der Waals surface area (Å²) in [6.07, 6.45) is 2.49. The highest BCUT2D eigenvalue weighted by atomic mass is 16.5. The lowest BCUT2D eigenvalue weighted by molar-refractivity contribution is 0.0732. The maximum Gasteiger partial charge on any atom is 0.216 e. The fraction of sp³-hybridized carbons (Fsp3) is 0.391. The standard InChI is InChI=1S/C23H26N6O2/c1-30-17-10-8-16(9-11-17)21-26-22-24-14-27(13-18-5-4-12-31-18)15-28(22)23-25-19-6-2-3-7-20(19)29(21)23/h2-3,6-11,18,21H,4-5,12-15H2,1H3,(H,24,26)/t18-,21-/m1/s1. The van der Waals surface area contributed by atoms with E-state index in [4.69, 9.17) is 19.5 Å². The molecule has 0 amide bonds. The van der Waals surface area contributed by atoms with Gasteiger partial charge in [0.15, 0.2) is 0 Å². The lowest BCUT2D eigenvalue weighted by Crippen LogP contribution is -2.58. The number of para-hydroxylation sites is 2. The smallest absolute Gasteiger partial charge is 0.216 e. The maximum atomic E-state index is 5.85. The SMILES string of the molecule is COc1ccc([C@@H]2NC3=NCN(C[C@H]4CCCO4)CN3c3nc4ccccc4n32)cc1. The first-order valence-electron chi connectivity index (χ1n) is 10.8. The normalized spacial score (nSPS) is 23.3. The van der Waals surface area contributed by atoms with Crippen LogP contribution in [0.4, 0.5) is 5.95 Å². The lowest BCUT2D eigenvalue weighted by atomic mass is 10.1. The average Bonchev–Trinajstić information content (AvgIpc) is 3.47. The minimum absolute atomic E-state index is 0.0898. The van der Waals surface area contributed by atoms with Crippen LogP contribution in [0, 0.1) is 0 Å². The fourth-order valence-corrected chi connectivity index (χ4v) is 4.72. The van der Waals surface area contributed by atoms with Crippen LogP contribution in [0.2, 0.25) is 0 Å². The van der Waals surface area contributed by atoms with E-state index in [1.807, 2.05) is 18.2 Å². The van der Waals surface area contributed by atoms with Crippen molar-refractivity contribution < 1.29 is 9.47 Å². The van der Waals surface area contributed by atoms with Gasteiger partial charge < -0.3 is 14.8 Å². The Bertz CT molecular complexity index is 1120. The van der Waals surface area contributed by atoms with Crippen molar-refractivity contribution in [1.29, 1.82) is 0 Å². The Hall–Kier alpha value is -3.10. The van der Waals surface area contributed by atoms with Crippen molar-refractivity contribution in [3.8, 4) is 5.75 Å². The number of nitrogens with one attached hydrogen (secondary N) is 1. The highest BCUT2D eigenvalue weighted by molar-refractivity contribution is 5.98. The van der Waals surface area contributed by atoms with Gasteiger partial charge in [0.05, 0.1) is 37.6 Å². The number of guanidine groups is 1. The van der Waals surface area contributed by atoms with E-state index in [-0.39, 0.29) is 6.17 Å². The Morgan fingerprint density at radius 1 is 1.16 bits per heavy atom. The number of nitrogens with zero attached hydrogens (tertiary/aromatic N) is 5. The summed E-state index contributed by atoms with van der Waals surface area (Å²) < 4.78 is 13.5. The molecule has 1 saturated heterocycles. The van der Waals surface area contributed by atoms with E-state index in [9.17, 15) is 0 Å². The fourth-order valence-electron chi connectivity index (χ4n) is 4.72. The molecule has 0 spiro atoms. The number of fused-ring (bicyclic) bond motifs is 5. The number of aliphatic imine (C=N–C) groups is 1. The largest absolute Gasteiger partial charge is 0.497 e. The van der Waals surface area contributed by atoms with Crippen molar-refractivity contribution in [2.24, 2.45) is 4.99 Å². The number of hydrogen-bond acceptors (Lipinski definition) is 7. The van der Waals surface area contributed by atoms with Crippen molar-refractivity contribution in [2.75, 3.05) is 38.5 Å². The van der Waals surface area contributed by atoms with E-state index in [1.54, 1.807) is 7.11 Å². The molecule has 4 heterocycles. The molecule has 1 aromatic heterocycles. The quantitative estimate of drug-likeness (QED) is 0.703. The second-order valence-electron chi connectivity index (χ2n) is 8.27. The minimum atomic E-state index is -0.0898. The number of methoxy groups -OCH3 is 1. The summed E-state index contributed by atoms with van der Waals surface area (Å²) in [5, 5.41) is 3.66. The Morgan fingerprint density at radius 2 is 2.03 bits per heavy atom. The van der Waals surface area contributed by atoms with Gasteiger partial charge in [0, 0.05) is 13.2 Å². The van der Waals surface area contributed by atoms with Crippen LogP contribution in [0.1, 0.15) is 24.6 Å². The molecule has 6 rings (SSSR count).